The summed E-state index contributed by atoms with van der Waals surface area (Å²) in [5.74, 6) is 0.0885. The van der Waals surface area contributed by atoms with Gasteiger partial charge in [0.1, 0.15) is 5.84 Å². The number of aliphatic carboxylic acids is 1. The molecule has 0 bridgehead atoms. The Balaban J connectivity index is 2.36. The zero-order valence-corrected chi connectivity index (χ0v) is 9.18. The van der Waals surface area contributed by atoms with Crippen LogP contribution in [0.4, 0.5) is 0 Å². The van der Waals surface area contributed by atoms with Crippen LogP contribution >= 0.6 is 0 Å². The van der Waals surface area contributed by atoms with Crippen molar-refractivity contribution in [3.63, 3.8) is 0 Å². The molecule has 16 heavy (non-hydrogen) atoms. The topological polar surface area (TPSA) is 52.9 Å². The summed E-state index contributed by atoms with van der Waals surface area (Å²) in [6.07, 6.45) is 0.0447. The third-order valence-electron chi connectivity index (χ3n) is 2.66. The van der Waals surface area contributed by atoms with Gasteiger partial charge in [0.05, 0.1) is 13.0 Å². The van der Waals surface area contributed by atoms with Crippen LogP contribution in [0.5, 0.6) is 0 Å². The largest absolute Gasteiger partial charge is 0.481 e. The molecule has 0 radical (unpaired) electrons. The van der Waals surface area contributed by atoms with Crippen molar-refractivity contribution in [1.82, 2.24) is 4.90 Å². The van der Waals surface area contributed by atoms with Gasteiger partial charge in [-0.25, -0.2) is 0 Å². The molecule has 4 heteroatoms. The van der Waals surface area contributed by atoms with Crippen LogP contribution in [-0.4, -0.2) is 41.9 Å². The second kappa shape index (κ2) is 4.35. The van der Waals surface area contributed by atoms with E-state index in [4.69, 9.17) is 5.11 Å². The predicted molar refractivity (Wildman–Crippen MR) is 61.8 cm³/mol. The van der Waals surface area contributed by atoms with Crippen LogP contribution in [0.1, 0.15) is 11.1 Å². The highest BCUT2D eigenvalue weighted by Crippen LogP contribution is 2.15. The average molecular weight is 218 g/mol. The van der Waals surface area contributed by atoms with Crippen LogP contribution in [0.3, 0.4) is 0 Å². The average Bonchev–Trinajstić information content (AvgIpc) is 2.64. The van der Waals surface area contributed by atoms with Gasteiger partial charge >= 0.3 is 5.97 Å². The van der Waals surface area contributed by atoms with Gasteiger partial charge in [0.2, 0.25) is 0 Å². The van der Waals surface area contributed by atoms with E-state index in [-0.39, 0.29) is 6.42 Å². The normalized spacial score (nSPS) is 15.1. The molecule has 0 saturated carbocycles. The fraction of sp³-hybridized carbons (Fsp3) is 0.333. The maximum atomic E-state index is 10.8. The summed E-state index contributed by atoms with van der Waals surface area (Å²) in [6.45, 7) is 1.68. The van der Waals surface area contributed by atoms with Crippen LogP contribution < -0.4 is 0 Å². The number of likely N-dealkylation sites (N-methyl/N-ethyl adjacent to an activating group) is 1. The van der Waals surface area contributed by atoms with Crippen molar-refractivity contribution in [2.45, 2.75) is 6.42 Å². The first kappa shape index (κ1) is 10.7. The Morgan fingerprint density at radius 1 is 1.50 bits per heavy atom. The molecule has 0 atom stereocenters. The first-order valence-corrected chi connectivity index (χ1v) is 5.24. The number of carboxylic acid groups (broad SMARTS) is 1. The molecule has 0 aromatic heterocycles. The lowest BCUT2D eigenvalue weighted by Crippen LogP contribution is -2.24. The summed E-state index contributed by atoms with van der Waals surface area (Å²) in [6, 6.07) is 7.55. The number of benzene rings is 1. The summed E-state index contributed by atoms with van der Waals surface area (Å²) in [5, 5.41) is 8.85. The standard InChI is InChI=1S/C12H14N2O2/c1-14-7-6-13-12(14)10-5-3-2-4-9(10)8-11(15)16/h2-5H,6-8H2,1H3,(H,15,16). The molecule has 0 amide bonds. The molecule has 1 heterocycles. The maximum absolute atomic E-state index is 10.8. The zero-order valence-electron chi connectivity index (χ0n) is 9.18. The molecule has 4 nitrogen and oxygen atoms in total. The molecular formula is C12H14N2O2. The predicted octanol–water partition coefficient (Wildman–Crippen LogP) is 1.01. The van der Waals surface area contributed by atoms with E-state index in [1.807, 2.05) is 31.3 Å². The van der Waals surface area contributed by atoms with Gasteiger partial charge in [-0.3, -0.25) is 9.79 Å². The van der Waals surface area contributed by atoms with E-state index in [0.29, 0.717) is 0 Å². The second-order valence-corrected chi connectivity index (χ2v) is 3.85. The van der Waals surface area contributed by atoms with Gasteiger partial charge in [0.25, 0.3) is 0 Å². The highest BCUT2D eigenvalue weighted by Gasteiger charge is 2.18. The van der Waals surface area contributed by atoms with Gasteiger partial charge in [-0.05, 0) is 5.56 Å². The van der Waals surface area contributed by atoms with E-state index < -0.39 is 5.97 Å². The summed E-state index contributed by atoms with van der Waals surface area (Å²) in [5.41, 5.74) is 1.76. The molecule has 1 aromatic rings. The molecule has 1 aliphatic heterocycles. The van der Waals surface area contributed by atoms with E-state index >= 15 is 0 Å². The van der Waals surface area contributed by atoms with Crippen molar-refractivity contribution in [2.24, 2.45) is 4.99 Å². The molecule has 2 rings (SSSR count). The quantitative estimate of drug-likeness (QED) is 0.823. The first-order chi connectivity index (χ1) is 7.68. The summed E-state index contributed by atoms with van der Waals surface area (Å²) < 4.78 is 0. The lowest BCUT2D eigenvalue weighted by atomic mass is 10.0. The van der Waals surface area contributed by atoms with Crippen molar-refractivity contribution in [3.8, 4) is 0 Å². The number of aliphatic imine (C=N–C) groups is 1. The highest BCUT2D eigenvalue weighted by molar-refractivity contribution is 6.01. The van der Waals surface area contributed by atoms with Gasteiger partial charge in [-0.2, -0.15) is 0 Å². The Kier molecular flexibility index (Phi) is 2.90. The van der Waals surface area contributed by atoms with Crippen LogP contribution in [0.15, 0.2) is 29.3 Å². The van der Waals surface area contributed by atoms with E-state index in [1.165, 1.54) is 0 Å². The third-order valence-corrected chi connectivity index (χ3v) is 2.66. The lowest BCUT2D eigenvalue weighted by Gasteiger charge is -2.16. The van der Waals surface area contributed by atoms with Crippen molar-refractivity contribution in [3.05, 3.63) is 35.4 Å². The Morgan fingerprint density at radius 3 is 2.88 bits per heavy atom. The van der Waals surface area contributed by atoms with Gasteiger partial charge in [0.15, 0.2) is 0 Å². The van der Waals surface area contributed by atoms with Crippen molar-refractivity contribution in [2.75, 3.05) is 20.1 Å². The smallest absolute Gasteiger partial charge is 0.307 e. The molecular weight excluding hydrogens is 204 g/mol. The second-order valence-electron chi connectivity index (χ2n) is 3.85. The van der Waals surface area contributed by atoms with Crippen molar-refractivity contribution in [1.29, 1.82) is 0 Å². The SMILES string of the molecule is CN1CCN=C1c1ccccc1CC(=O)O. The minimum atomic E-state index is -0.811. The van der Waals surface area contributed by atoms with Gasteiger partial charge in [-0.15, -0.1) is 0 Å². The lowest BCUT2D eigenvalue weighted by molar-refractivity contribution is -0.136. The number of amidine groups is 1. The highest BCUT2D eigenvalue weighted by atomic mass is 16.4. The number of rotatable bonds is 3. The number of carbonyl (C=O) groups is 1. The van der Waals surface area contributed by atoms with Crippen LogP contribution in [0.2, 0.25) is 0 Å². The summed E-state index contributed by atoms with van der Waals surface area (Å²) >= 11 is 0. The molecule has 0 fully saturated rings. The fourth-order valence-corrected chi connectivity index (χ4v) is 1.88. The molecule has 84 valence electrons. The molecule has 0 unspecified atom stereocenters. The molecule has 1 N–H and O–H groups in total. The van der Waals surface area contributed by atoms with E-state index in [9.17, 15) is 4.79 Å². The van der Waals surface area contributed by atoms with Crippen molar-refractivity contribution < 1.29 is 9.90 Å². The molecule has 0 aliphatic carbocycles. The number of hydrogen-bond acceptors (Lipinski definition) is 3. The zero-order chi connectivity index (χ0) is 11.5. The molecule has 1 aromatic carbocycles. The van der Waals surface area contributed by atoms with Crippen molar-refractivity contribution >= 4 is 11.8 Å². The van der Waals surface area contributed by atoms with Gasteiger partial charge < -0.3 is 10.0 Å². The van der Waals surface area contributed by atoms with E-state index in [2.05, 4.69) is 9.89 Å². The summed E-state index contributed by atoms with van der Waals surface area (Å²) in [4.78, 5) is 17.2. The summed E-state index contributed by atoms with van der Waals surface area (Å²) in [7, 11) is 1.98. The Bertz CT molecular complexity index is 440. The molecule has 0 saturated heterocycles. The number of hydrogen-bond donors (Lipinski definition) is 1. The van der Waals surface area contributed by atoms with Crippen LogP contribution in [0.25, 0.3) is 0 Å². The van der Waals surface area contributed by atoms with E-state index in [1.54, 1.807) is 0 Å². The van der Waals surface area contributed by atoms with Gasteiger partial charge in [-0.1, -0.05) is 24.3 Å². The fourth-order valence-electron chi connectivity index (χ4n) is 1.88. The Morgan fingerprint density at radius 2 is 2.25 bits per heavy atom. The van der Waals surface area contributed by atoms with Gasteiger partial charge in [0, 0.05) is 19.2 Å². The Labute approximate surface area is 94.2 Å². The third kappa shape index (κ3) is 2.05. The minimum absolute atomic E-state index is 0.0447. The van der Waals surface area contributed by atoms with Crippen LogP contribution in [-0.2, 0) is 11.2 Å². The molecule has 0 spiro atoms. The number of nitrogens with zero attached hydrogens (tertiary/aromatic N) is 2. The Hall–Kier alpha value is -1.84. The maximum Gasteiger partial charge on any atom is 0.307 e. The first-order valence-electron chi connectivity index (χ1n) is 5.24. The molecule has 1 aliphatic rings. The van der Waals surface area contributed by atoms with Crippen LogP contribution in [0, 0.1) is 0 Å². The monoisotopic (exact) mass is 218 g/mol. The minimum Gasteiger partial charge on any atom is -0.481 e. The number of carboxylic acids is 1. The van der Waals surface area contributed by atoms with E-state index in [0.717, 1.165) is 30.1 Å².